The van der Waals surface area contributed by atoms with Gasteiger partial charge in [0.05, 0.1) is 10.6 Å². The molecular weight excluding hydrogens is 450 g/mol. The van der Waals surface area contributed by atoms with Gasteiger partial charge in [0.25, 0.3) is 17.5 Å². The Morgan fingerprint density at radius 3 is 2.31 bits per heavy atom. The largest absolute Gasteiger partial charge is 0.489 e. The standard InChI is InChI=1S/C26H21N3O6/c1-16-4-3-5-23(17(16)2)28-25(31)22(24(30)27-26(28)32)14-18-8-12-21(13-9-18)35-15-19-6-10-20(11-7-19)29(33)34/h3-14H,15H2,1-2H3,(H,27,30,32)/b22-14+. The molecular formula is C26H21N3O6. The number of non-ortho nitro benzene ring substituents is 1. The molecule has 9 heteroatoms. The average molecular weight is 471 g/mol. The van der Waals surface area contributed by atoms with Crippen LogP contribution in [0.1, 0.15) is 22.3 Å². The minimum absolute atomic E-state index is 0.00487. The third-order valence-electron chi connectivity index (χ3n) is 5.66. The zero-order valence-electron chi connectivity index (χ0n) is 19.0. The van der Waals surface area contributed by atoms with Crippen molar-refractivity contribution in [3.05, 3.63) is 105 Å². The predicted octanol–water partition coefficient (Wildman–Crippen LogP) is 4.46. The summed E-state index contributed by atoms with van der Waals surface area (Å²) in [6.07, 6.45) is 1.42. The van der Waals surface area contributed by atoms with Crippen LogP contribution in [0.25, 0.3) is 6.08 Å². The number of nitro benzene ring substituents is 1. The highest BCUT2D eigenvalue weighted by molar-refractivity contribution is 6.39. The first-order chi connectivity index (χ1) is 16.7. The van der Waals surface area contributed by atoms with Crippen LogP contribution in [0.5, 0.6) is 5.75 Å². The number of ether oxygens (including phenoxy) is 1. The van der Waals surface area contributed by atoms with Crippen molar-refractivity contribution < 1.29 is 24.0 Å². The number of rotatable bonds is 6. The Hall–Kier alpha value is -4.79. The number of hydrogen-bond donors (Lipinski definition) is 1. The lowest BCUT2D eigenvalue weighted by Crippen LogP contribution is -2.54. The summed E-state index contributed by atoms with van der Waals surface area (Å²) >= 11 is 0. The van der Waals surface area contributed by atoms with Gasteiger partial charge in [0.2, 0.25) is 0 Å². The van der Waals surface area contributed by atoms with Crippen molar-refractivity contribution in [3.8, 4) is 5.75 Å². The number of hydrogen-bond acceptors (Lipinski definition) is 6. The van der Waals surface area contributed by atoms with Crippen molar-refractivity contribution in [2.24, 2.45) is 0 Å². The Bertz CT molecular complexity index is 1360. The summed E-state index contributed by atoms with van der Waals surface area (Å²) in [6.45, 7) is 3.89. The monoisotopic (exact) mass is 471 g/mol. The Labute approximate surface area is 200 Å². The van der Waals surface area contributed by atoms with E-state index >= 15 is 0 Å². The number of nitro groups is 1. The van der Waals surface area contributed by atoms with Gasteiger partial charge in [-0.05, 0) is 72.5 Å². The Morgan fingerprint density at radius 2 is 1.66 bits per heavy atom. The number of aryl methyl sites for hydroxylation is 1. The maximum atomic E-state index is 13.1. The van der Waals surface area contributed by atoms with Crippen LogP contribution in [0.15, 0.2) is 72.3 Å². The van der Waals surface area contributed by atoms with Crippen LogP contribution in [0.4, 0.5) is 16.2 Å². The lowest BCUT2D eigenvalue weighted by Gasteiger charge is -2.28. The number of nitrogens with one attached hydrogen (secondary N) is 1. The SMILES string of the molecule is Cc1cccc(N2C(=O)NC(=O)/C(=C\c3ccc(OCc4ccc([N+](=O)[O-])cc4)cc3)C2=O)c1C. The molecule has 176 valence electrons. The van der Waals surface area contributed by atoms with E-state index in [2.05, 4.69) is 5.32 Å². The number of barbiturate groups is 1. The number of carbonyl (C=O) groups is 3. The van der Waals surface area contributed by atoms with Crippen LogP contribution < -0.4 is 15.0 Å². The van der Waals surface area contributed by atoms with Crippen LogP contribution in [-0.2, 0) is 16.2 Å². The highest BCUT2D eigenvalue weighted by Crippen LogP contribution is 2.27. The molecule has 0 spiro atoms. The van der Waals surface area contributed by atoms with Crippen LogP contribution in [0.2, 0.25) is 0 Å². The van der Waals surface area contributed by atoms with E-state index in [-0.39, 0.29) is 17.9 Å². The molecule has 0 saturated carbocycles. The topological polar surface area (TPSA) is 119 Å². The quantitative estimate of drug-likeness (QED) is 0.245. The van der Waals surface area contributed by atoms with Crippen LogP contribution in [-0.4, -0.2) is 22.8 Å². The fraction of sp³-hybridized carbons (Fsp3) is 0.115. The van der Waals surface area contributed by atoms with E-state index in [1.54, 1.807) is 55.5 Å². The minimum Gasteiger partial charge on any atom is -0.489 e. The first-order valence-electron chi connectivity index (χ1n) is 10.7. The molecule has 1 aliphatic rings. The first kappa shape index (κ1) is 23.4. The maximum absolute atomic E-state index is 13.1. The molecule has 0 radical (unpaired) electrons. The molecule has 1 N–H and O–H groups in total. The highest BCUT2D eigenvalue weighted by Gasteiger charge is 2.37. The summed E-state index contributed by atoms with van der Waals surface area (Å²) in [4.78, 5) is 49.3. The lowest BCUT2D eigenvalue weighted by molar-refractivity contribution is -0.384. The number of nitrogens with zero attached hydrogens (tertiary/aromatic N) is 2. The van der Waals surface area contributed by atoms with Crippen molar-refractivity contribution in [1.82, 2.24) is 5.32 Å². The molecule has 3 aromatic carbocycles. The van der Waals surface area contributed by atoms with Gasteiger partial charge in [-0.2, -0.15) is 0 Å². The van der Waals surface area contributed by atoms with Gasteiger partial charge in [-0.3, -0.25) is 25.0 Å². The number of amides is 4. The average Bonchev–Trinajstić information content (AvgIpc) is 2.84. The van der Waals surface area contributed by atoms with Crippen molar-refractivity contribution >= 4 is 35.3 Å². The lowest BCUT2D eigenvalue weighted by atomic mass is 10.0. The van der Waals surface area contributed by atoms with Crippen LogP contribution >= 0.6 is 0 Å². The summed E-state index contributed by atoms with van der Waals surface area (Å²) in [5, 5.41) is 13.0. The predicted molar refractivity (Wildman–Crippen MR) is 129 cm³/mol. The molecule has 0 bridgehead atoms. The second-order valence-corrected chi connectivity index (χ2v) is 7.96. The smallest absolute Gasteiger partial charge is 0.335 e. The Kier molecular flexibility index (Phi) is 6.41. The summed E-state index contributed by atoms with van der Waals surface area (Å²) in [6, 6.07) is 17.2. The van der Waals surface area contributed by atoms with Gasteiger partial charge in [0, 0.05) is 12.1 Å². The fourth-order valence-corrected chi connectivity index (χ4v) is 3.56. The van der Waals surface area contributed by atoms with Crippen molar-refractivity contribution in [1.29, 1.82) is 0 Å². The van der Waals surface area contributed by atoms with Gasteiger partial charge in [-0.15, -0.1) is 0 Å². The fourth-order valence-electron chi connectivity index (χ4n) is 3.56. The molecule has 0 aromatic heterocycles. The van der Waals surface area contributed by atoms with Gasteiger partial charge >= 0.3 is 6.03 Å². The minimum atomic E-state index is -0.791. The third-order valence-corrected chi connectivity index (χ3v) is 5.66. The zero-order chi connectivity index (χ0) is 25.1. The van der Waals surface area contributed by atoms with Crippen LogP contribution in [0.3, 0.4) is 0 Å². The molecule has 0 unspecified atom stereocenters. The summed E-state index contributed by atoms with van der Waals surface area (Å²) in [5.74, 6) is -0.928. The second kappa shape index (κ2) is 9.60. The molecule has 0 aliphatic carbocycles. The van der Waals surface area contributed by atoms with E-state index in [1.807, 2.05) is 13.0 Å². The van der Waals surface area contributed by atoms with E-state index < -0.39 is 22.8 Å². The highest BCUT2D eigenvalue weighted by atomic mass is 16.6. The van der Waals surface area contributed by atoms with E-state index in [0.717, 1.165) is 21.6 Å². The van der Waals surface area contributed by atoms with Gasteiger partial charge in [0.1, 0.15) is 17.9 Å². The van der Waals surface area contributed by atoms with Gasteiger partial charge < -0.3 is 4.74 Å². The van der Waals surface area contributed by atoms with Gasteiger partial charge in [-0.1, -0.05) is 24.3 Å². The van der Waals surface area contributed by atoms with E-state index in [9.17, 15) is 24.5 Å². The van der Waals surface area contributed by atoms with E-state index in [1.165, 1.54) is 18.2 Å². The second-order valence-electron chi connectivity index (χ2n) is 7.96. The number of carbonyl (C=O) groups excluding carboxylic acids is 3. The van der Waals surface area contributed by atoms with Gasteiger partial charge in [0.15, 0.2) is 0 Å². The molecule has 35 heavy (non-hydrogen) atoms. The third kappa shape index (κ3) is 4.93. The molecule has 4 amide bonds. The van der Waals surface area contributed by atoms with Crippen LogP contribution in [0, 0.1) is 24.0 Å². The number of anilines is 1. The maximum Gasteiger partial charge on any atom is 0.335 e. The van der Waals surface area contributed by atoms with Crippen molar-refractivity contribution in [3.63, 3.8) is 0 Å². The normalized spacial score (nSPS) is 14.7. The van der Waals surface area contributed by atoms with Crippen molar-refractivity contribution in [2.75, 3.05) is 4.90 Å². The van der Waals surface area contributed by atoms with Crippen molar-refractivity contribution in [2.45, 2.75) is 20.5 Å². The number of benzene rings is 3. The molecule has 1 saturated heterocycles. The summed E-state index contributed by atoms with van der Waals surface area (Å²) in [5.41, 5.74) is 3.27. The molecule has 4 rings (SSSR count). The zero-order valence-corrected chi connectivity index (χ0v) is 19.0. The first-order valence-corrected chi connectivity index (χ1v) is 10.7. The summed E-state index contributed by atoms with van der Waals surface area (Å²) < 4.78 is 5.70. The molecule has 9 nitrogen and oxygen atoms in total. The molecule has 0 atom stereocenters. The number of urea groups is 1. The molecule has 1 aliphatic heterocycles. The molecule has 1 heterocycles. The van der Waals surface area contributed by atoms with E-state index in [0.29, 0.717) is 17.0 Å². The molecule has 1 fully saturated rings. The van der Waals surface area contributed by atoms with Gasteiger partial charge in [-0.25, -0.2) is 9.69 Å². The Morgan fingerprint density at radius 1 is 0.971 bits per heavy atom. The molecule has 3 aromatic rings. The number of imide groups is 2. The summed E-state index contributed by atoms with van der Waals surface area (Å²) in [7, 11) is 0. The van der Waals surface area contributed by atoms with E-state index in [4.69, 9.17) is 4.74 Å². The Balaban J connectivity index is 1.50.